The quantitative estimate of drug-likeness (QED) is 0.682. The van der Waals surface area contributed by atoms with Gasteiger partial charge in [-0.1, -0.05) is 25.8 Å². The second-order valence-corrected chi connectivity index (χ2v) is 5.52. The van der Waals surface area contributed by atoms with Gasteiger partial charge in [0.15, 0.2) is 5.76 Å². The molecule has 1 aromatic heterocycles. The van der Waals surface area contributed by atoms with Gasteiger partial charge in [-0.2, -0.15) is 0 Å². The number of anilines is 1. The van der Waals surface area contributed by atoms with Gasteiger partial charge >= 0.3 is 5.97 Å². The van der Waals surface area contributed by atoms with Crippen LogP contribution in [0.3, 0.4) is 0 Å². The van der Waals surface area contributed by atoms with E-state index in [-0.39, 0.29) is 11.3 Å². The standard InChI is InChI=1S/C18H20N2O5/c1-2-3-8-14(18(23)24)20-16(21)12-6-4-7-13(11-12)19-17(22)15-9-5-10-25-15/h4-7,9-11,14H,2-3,8H2,1H3,(H,19,22)(H,20,21)(H,23,24). The topological polar surface area (TPSA) is 109 Å². The number of aliphatic carboxylic acids is 1. The molecule has 1 atom stereocenters. The van der Waals surface area contributed by atoms with Crippen molar-refractivity contribution < 1.29 is 23.9 Å². The molecule has 2 rings (SSSR count). The Bertz CT molecular complexity index is 740. The molecule has 0 aliphatic heterocycles. The molecule has 0 spiro atoms. The Morgan fingerprint density at radius 2 is 1.96 bits per heavy atom. The fraction of sp³-hybridized carbons (Fsp3) is 0.278. The van der Waals surface area contributed by atoms with Crippen LogP contribution < -0.4 is 10.6 Å². The van der Waals surface area contributed by atoms with Crippen LogP contribution in [0.5, 0.6) is 0 Å². The Hall–Kier alpha value is -3.09. The largest absolute Gasteiger partial charge is 0.480 e. The maximum absolute atomic E-state index is 12.3. The van der Waals surface area contributed by atoms with Crippen LogP contribution in [0.4, 0.5) is 5.69 Å². The SMILES string of the molecule is CCCCC(NC(=O)c1cccc(NC(=O)c2ccco2)c1)C(=O)O. The van der Waals surface area contributed by atoms with E-state index >= 15 is 0 Å². The number of carboxylic acid groups (broad SMARTS) is 1. The number of hydrogen-bond donors (Lipinski definition) is 3. The highest BCUT2D eigenvalue weighted by Crippen LogP contribution is 2.13. The Labute approximate surface area is 145 Å². The van der Waals surface area contributed by atoms with Gasteiger partial charge in [0.25, 0.3) is 11.8 Å². The van der Waals surface area contributed by atoms with E-state index in [4.69, 9.17) is 4.42 Å². The number of carboxylic acids is 1. The molecule has 0 aliphatic rings. The van der Waals surface area contributed by atoms with Crippen LogP contribution in [0.2, 0.25) is 0 Å². The average Bonchev–Trinajstić information content (AvgIpc) is 3.13. The van der Waals surface area contributed by atoms with Crippen molar-refractivity contribution in [3.63, 3.8) is 0 Å². The number of rotatable bonds is 8. The summed E-state index contributed by atoms with van der Waals surface area (Å²) in [5.74, 6) is -1.85. The van der Waals surface area contributed by atoms with Crippen LogP contribution in [-0.2, 0) is 4.79 Å². The Kier molecular flexibility index (Phi) is 6.33. The van der Waals surface area contributed by atoms with Crippen molar-refractivity contribution in [3.8, 4) is 0 Å². The lowest BCUT2D eigenvalue weighted by molar-refractivity contribution is -0.139. The lowest BCUT2D eigenvalue weighted by Gasteiger charge is -2.14. The summed E-state index contributed by atoms with van der Waals surface area (Å²) in [6.07, 6.45) is 3.30. The van der Waals surface area contributed by atoms with Crippen LogP contribution in [0.25, 0.3) is 0 Å². The highest BCUT2D eigenvalue weighted by Gasteiger charge is 2.20. The summed E-state index contributed by atoms with van der Waals surface area (Å²) in [6.45, 7) is 1.95. The van der Waals surface area contributed by atoms with Gasteiger partial charge in [-0.15, -0.1) is 0 Å². The van der Waals surface area contributed by atoms with Crippen molar-refractivity contribution in [1.29, 1.82) is 0 Å². The van der Waals surface area contributed by atoms with E-state index in [1.807, 2.05) is 6.92 Å². The first-order chi connectivity index (χ1) is 12.0. The fourth-order valence-electron chi connectivity index (χ4n) is 2.25. The van der Waals surface area contributed by atoms with Gasteiger partial charge in [0.1, 0.15) is 6.04 Å². The second kappa shape index (κ2) is 8.68. The van der Waals surface area contributed by atoms with E-state index in [0.717, 1.165) is 6.42 Å². The molecular weight excluding hydrogens is 324 g/mol. The summed E-state index contributed by atoms with van der Waals surface area (Å²) in [5.41, 5.74) is 0.675. The third-order valence-corrected chi connectivity index (χ3v) is 3.58. The Morgan fingerprint density at radius 3 is 2.60 bits per heavy atom. The number of unbranched alkanes of at least 4 members (excludes halogenated alkanes) is 1. The summed E-state index contributed by atoms with van der Waals surface area (Å²) < 4.78 is 5.01. The zero-order chi connectivity index (χ0) is 18.2. The predicted molar refractivity (Wildman–Crippen MR) is 91.5 cm³/mol. The lowest BCUT2D eigenvalue weighted by atomic mass is 10.1. The van der Waals surface area contributed by atoms with Gasteiger partial charge in [0, 0.05) is 11.3 Å². The monoisotopic (exact) mass is 344 g/mol. The summed E-state index contributed by atoms with van der Waals surface area (Å²) >= 11 is 0. The molecule has 7 heteroatoms. The predicted octanol–water partition coefficient (Wildman–Crippen LogP) is 2.91. The minimum absolute atomic E-state index is 0.153. The van der Waals surface area contributed by atoms with Gasteiger partial charge in [-0.25, -0.2) is 4.79 Å². The van der Waals surface area contributed by atoms with E-state index in [1.54, 1.807) is 24.3 Å². The van der Waals surface area contributed by atoms with Crippen molar-refractivity contribution in [2.75, 3.05) is 5.32 Å². The smallest absolute Gasteiger partial charge is 0.326 e. The maximum Gasteiger partial charge on any atom is 0.326 e. The number of carbonyl (C=O) groups excluding carboxylic acids is 2. The van der Waals surface area contributed by atoms with E-state index in [1.165, 1.54) is 18.4 Å². The molecule has 0 radical (unpaired) electrons. The first-order valence-electron chi connectivity index (χ1n) is 8.00. The summed E-state index contributed by atoms with van der Waals surface area (Å²) in [4.78, 5) is 35.5. The first-order valence-corrected chi connectivity index (χ1v) is 8.00. The molecule has 2 amide bonds. The third-order valence-electron chi connectivity index (χ3n) is 3.58. The molecule has 0 fully saturated rings. The van der Waals surface area contributed by atoms with Crippen molar-refractivity contribution in [2.45, 2.75) is 32.2 Å². The number of furan rings is 1. The van der Waals surface area contributed by atoms with Gasteiger partial charge in [-0.05, 0) is 36.8 Å². The summed E-state index contributed by atoms with van der Waals surface area (Å²) in [6, 6.07) is 8.45. The van der Waals surface area contributed by atoms with Gasteiger partial charge < -0.3 is 20.2 Å². The summed E-state index contributed by atoms with van der Waals surface area (Å²) in [7, 11) is 0. The molecule has 1 unspecified atom stereocenters. The number of carbonyl (C=O) groups is 3. The fourth-order valence-corrected chi connectivity index (χ4v) is 2.25. The Balaban J connectivity index is 2.05. The number of nitrogens with one attached hydrogen (secondary N) is 2. The maximum atomic E-state index is 12.3. The molecule has 1 heterocycles. The van der Waals surface area contributed by atoms with E-state index in [0.29, 0.717) is 18.5 Å². The minimum Gasteiger partial charge on any atom is -0.480 e. The van der Waals surface area contributed by atoms with Crippen LogP contribution in [0.1, 0.15) is 47.1 Å². The molecule has 0 bridgehead atoms. The second-order valence-electron chi connectivity index (χ2n) is 5.52. The third kappa shape index (κ3) is 5.20. The van der Waals surface area contributed by atoms with Crippen LogP contribution in [0.15, 0.2) is 47.1 Å². The van der Waals surface area contributed by atoms with Gasteiger partial charge in [-0.3, -0.25) is 9.59 Å². The van der Waals surface area contributed by atoms with Crippen molar-refractivity contribution in [2.24, 2.45) is 0 Å². The molecule has 0 aliphatic carbocycles. The first kappa shape index (κ1) is 18.3. The molecule has 0 saturated carbocycles. The molecule has 0 saturated heterocycles. The van der Waals surface area contributed by atoms with Gasteiger partial charge in [0.05, 0.1) is 6.26 Å². The van der Waals surface area contributed by atoms with E-state index in [9.17, 15) is 19.5 Å². The molecule has 1 aromatic carbocycles. The van der Waals surface area contributed by atoms with Crippen molar-refractivity contribution in [1.82, 2.24) is 5.32 Å². The molecule has 132 valence electrons. The zero-order valence-electron chi connectivity index (χ0n) is 13.8. The molecule has 3 N–H and O–H groups in total. The van der Waals surface area contributed by atoms with E-state index in [2.05, 4.69) is 10.6 Å². The number of amides is 2. The van der Waals surface area contributed by atoms with Crippen LogP contribution >= 0.6 is 0 Å². The zero-order valence-corrected chi connectivity index (χ0v) is 13.8. The normalized spacial score (nSPS) is 11.6. The number of hydrogen-bond acceptors (Lipinski definition) is 4. The Morgan fingerprint density at radius 1 is 1.16 bits per heavy atom. The molecular formula is C18H20N2O5. The highest BCUT2D eigenvalue weighted by atomic mass is 16.4. The highest BCUT2D eigenvalue weighted by molar-refractivity contribution is 6.03. The van der Waals surface area contributed by atoms with E-state index < -0.39 is 23.8 Å². The van der Waals surface area contributed by atoms with Crippen molar-refractivity contribution >= 4 is 23.5 Å². The van der Waals surface area contributed by atoms with Crippen LogP contribution in [0, 0.1) is 0 Å². The molecule has 2 aromatic rings. The van der Waals surface area contributed by atoms with Crippen LogP contribution in [-0.4, -0.2) is 28.9 Å². The molecule has 7 nitrogen and oxygen atoms in total. The minimum atomic E-state index is -1.07. The molecule has 25 heavy (non-hydrogen) atoms. The van der Waals surface area contributed by atoms with Crippen molar-refractivity contribution in [3.05, 3.63) is 54.0 Å². The number of benzene rings is 1. The summed E-state index contributed by atoms with van der Waals surface area (Å²) in [5, 5.41) is 14.3. The average molecular weight is 344 g/mol. The van der Waals surface area contributed by atoms with Gasteiger partial charge in [0.2, 0.25) is 0 Å². The lowest BCUT2D eigenvalue weighted by Crippen LogP contribution is -2.40.